The van der Waals surface area contributed by atoms with Crippen LogP contribution in [0.3, 0.4) is 0 Å². The Morgan fingerprint density at radius 1 is 1.40 bits per heavy atom. The molecule has 0 aromatic carbocycles. The highest BCUT2D eigenvalue weighted by atomic mass is 32.1. The van der Waals surface area contributed by atoms with E-state index in [0.29, 0.717) is 6.54 Å². The molecule has 0 fully saturated rings. The molecule has 0 bridgehead atoms. The van der Waals surface area contributed by atoms with Gasteiger partial charge in [-0.15, -0.1) is 21.5 Å². The molecule has 0 saturated carbocycles. The first kappa shape index (κ1) is 12.8. The standard InChI is InChI=1S/C12H15N7S/c1-3-19-6-15-18-9(19)5-14-10-8-4-7(2)20-11(8)17-12(13)16-10/h4,6H,3,5H2,1-2H3,(H3,13,14,16,17). The van der Waals surface area contributed by atoms with Crippen molar-refractivity contribution in [2.45, 2.75) is 26.9 Å². The number of nitrogen functional groups attached to an aromatic ring is 1. The number of anilines is 2. The minimum atomic E-state index is 0.277. The van der Waals surface area contributed by atoms with E-state index in [2.05, 4.69) is 38.5 Å². The van der Waals surface area contributed by atoms with Crippen LogP contribution < -0.4 is 11.1 Å². The fraction of sp³-hybridized carbons (Fsp3) is 0.333. The maximum atomic E-state index is 5.75. The predicted molar refractivity (Wildman–Crippen MR) is 79.6 cm³/mol. The molecule has 20 heavy (non-hydrogen) atoms. The summed E-state index contributed by atoms with van der Waals surface area (Å²) in [7, 11) is 0. The summed E-state index contributed by atoms with van der Waals surface area (Å²) in [6.45, 7) is 5.48. The molecule has 0 aliphatic rings. The topological polar surface area (TPSA) is 94.5 Å². The fourth-order valence-corrected chi connectivity index (χ4v) is 2.92. The average molecular weight is 289 g/mol. The third kappa shape index (κ3) is 2.29. The van der Waals surface area contributed by atoms with E-state index in [4.69, 9.17) is 5.73 Å². The Morgan fingerprint density at radius 3 is 3.05 bits per heavy atom. The monoisotopic (exact) mass is 289 g/mol. The molecule has 0 saturated heterocycles. The number of aromatic nitrogens is 5. The van der Waals surface area contributed by atoms with Gasteiger partial charge in [-0.05, 0) is 19.9 Å². The van der Waals surface area contributed by atoms with Gasteiger partial charge in [0.2, 0.25) is 5.95 Å². The molecule has 0 unspecified atom stereocenters. The lowest BCUT2D eigenvalue weighted by atomic mass is 10.3. The maximum absolute atomic E-state index is 5.75. The van der Waals surface area contributed by atoms with Crippen LogP contribution in [0.4, 0.5) is 11.8 Å². The van der Waals surface area contributed by atoms with Crippen molar-refractivity contribution in [1.82, 2.24) is 24.7 Å². The Bertz CT molecular complexity index is 745. The van der Waals surface area contributed by atoms with Crippen LogP contribution in [-0.4, -0.2) is 24.7 Å². The fourth-order valence-electron chi connectivity index (χ4n) is 2.04. The van der Waals surface area contributed by atoms with Crippen LogP contribution in [0.25, 0.3) is 10.2 Å². The summed E-state index contributed by atoms with van der Waals surface area (Å²) in [5, 5.41) is 12.3. The van der Waals surface area contributed by atoms with E-state index in [1.54, 1.807) is 17.7 Å². The van der Waals surface area contributed by atoms with Crippen molar-refractivity contribution in [1.29, 1.82) is 0 Å². The zero-order valence-electron chi connectivity index (χ0n) is 11.3. The lowest BCUT2D eigenvalue weighted by molar-refractivity contribution is 0.707. The summed E-state index contributed by atoms with van der Waals surface area (Å²) in [5.74, 6) is 1.88. The van der Waals surface area contributed by atoms with Crippen molar-refractivity contribution in [3.8, 4) is 0 Å². The lowest BCUT2D eigenvalue weighted by Crippen LogP contribution is -2.09. The Hall–Kier alpha value is -2.22. The van der Waals surface area contributed by atoms with E-state index in [0.717, 1.165) is 28.4 Å². The van der Waals surface area contributed by atoms with E-state index in [-0.39, 0.29) is 5.95 Å². The van der Waals surface area contributed by atoms with Crippen molar-refractivity contribution >= 4 is 33.3 Å². The molecule has 0 amide bonds. The van der Waals surface area contributed by atoms with Gasteiger partial charge >= 0.3 is 0 Å². The van der Waals surface area contributed by atoms with Crippen LogP contribution in [0, 0.1) is 6.92 Å². The second-order valence-electron chi connectivity index (χ2n) is 4.39. The Morgan fingerprint density at radius 2 is 2.25 bits per heavy atom. The third-order valence-corrected chi connectivity index (χ3v) is 3.93. The molecule has 0 spiro atoms. The van der Waals surface area contributed by atoms with Gasteiger partial charge in [0.15, 0.2) is 5.82 Å². The number of nitrogens with two attached hydrogens (primary N) is 1. The summed E-state index contributed by atoms with van der Waals surface area (Å²) < 4.78 is 1.98. The van der Waals surface area contributed by atoms with Crippen LogP contribution in [0.2, 0.25) is 0 Å². The number of hydrogen-bond donors (Lipinski definition) is 2. The maximum Gasteiger partial charge on any atom is 0.223 e. The van der Waals surface area contributed by atoms with Gasteiger partial charge in [0, 0.05) is 11.4 Å². The highest BCUT2D eigenvalue weighted by Gasteiger charge is 2.10. The Kier molecular flexibility index (Phi) is 3.23. The zero-order chi connectivity index (χ0) is 14.1. The summed E-state index contributed by atoms with van der Waals surface area (Å²) >= 11 is 1.61. The third-order valence-electron chi connectivity index (χ3n) is 2.98. The number of fused-ring (bicyclic) bond motifs is 1. The summed E-state index contributed by atoms with van der Waals surface area (Å²) in [6, 6.07) is 2.06. The van der Waals surface area contributed by atoms with Gasteiger partial charge in [0.25, 0.3) is 0 Å². The molecule has 0 aliphatic carbocycles. The smallest absolute Gasteiger partial charge is 0.223 e. The molecule has 7 nitrogen and oxygen atoms in total. The second-order valence-corrected chi connectivity index (χ2v) is 5.63. The second kappa shape index (κ2) is 5.04. The summed E-state index contributed by atoms with van der Waals surface area (Å²) in [4.78, 5) is 10.6. The number of hydrogen-bond acceptors (Lipinski definition) is 7. The van der Waals surface area contributed by atoms with Crippen LogP contribution in [0.5, 0.6) is 0 Å². The van der Waals surface area contributed by atoms with Crippen LogP contribution in [0.15, 0.2) is 12.4 Å². The van der Waals surface area contributed by atoms with Gasteiger partial charge in [-0.3, -0.25) is 0 Å². The highest BCUT2D eigenvalue weighted by molar-refractivity contribution is 7.18. The minimum absolute atomic E-state index is 0.277. The van der Waals surface area contributed by atoms with E-state index in [9.17, 15) is 0 Å². The first-order chi connectivity index (χ1) is 9.67. The highest BCUT2D eigenvalue weighted by Crippen LogP contribution is 2.29. The summed E-state index contributed by atoms with van der Waals surface area (Å²) in [6.07, 6.45) is 1.72. The lowest BCUT2D eigenvalue weighted by Gasteiger charge is -2.07. The normalized spacial score (nSPS) is 11.1. The molecule has 3 heterocycles. The molecule has 3 aromatic rings. The molecule has 8 heteroatoms. The number of thiophene rings is 1. The zero-order valence-corrected chi connectivity index (χ0v) is 12.1. The van der Waals surface area contributed by atoms with E-state index in [1.807, 2.05) is 11.5 Å². The van der Waals surface area contributed by atoms with E-state index >= 15 is 0 Å². The molecule has 3 aromatic heterocycles. The molecule has 104 valence electrons. The van der Waals surface area contributed by atoms with Crippen molar-refractivity contribution in [2.75, 3.05) is 11.1 Å². The Labute approximate surface area is 119 Å². The van der Waals surface area contributed by atoms with Gasteiger partial charge in [-0.2, -0.15) is 4.98 Å². The van der Waals surface area contributed by atoms with Gasteiger partial charge in [-0.25, -0.2) is 4.98 Å². The molecular weight excluding hydrogens is 274 g/mol. The molecule has 3 rings (SSSR count). The van der Waals surface area contributed by atoms with Crippen molar-refractivity contribution < 1.29 is 0 Å². The van der Waals surface area contributed by atoms with Crippen molar-refractivity contribution in [3.63, 3.8) is 0 Å². The van der Waals surface area contributed by atoms with Crippen molar-refractivity contribution in [3.05, 3.63) is 23.1 Å². The largest absolute Gasteiger partial charge is 0.368 e. The minimum Gasteiger partial charge on any atom is -0.368 e. The Balaban J connectivity index is 1.90. The molecule has 0 radical (unpaired) electrons. The van der Waals surface area contributed by atoms with Crippen LogP contribution in [-0.2, 0) is 13.1 Å². The number of nitrogens with one attached hydrogen (secondary N) is 1. The predicted octanol–water partition coefficient (Wildman–Crippen LogP) is 1.81. The van der Waals surface area contributed by atoms with Gasteiger partial charge in [0.05, 0.1) is 11.9 Å². The van der Waals surface area contributed by atoms with Gasteiger partial charge in [0.1, 0.15) is 17.0 Å². The quantitative estimate of drug-likeness (QED) is 0.760. The first-order valence-corrected chi connectivity index (χ1v) is 7.13. The van der Waals surface area contributed by atoms with Crippen LogP contribution >= 0.6 is 11.3 Å². The van der Waals surface area contributed by atoms with E-state index in [1.165, 1.54) is 4.88 Å². The molecule has 0 atom stereocenters. The average Bonchev–Trinajstić information content (AvgIpc) is 3.00. The SMILES string of the molecule is CCn1cnnc1CNc1nc(N)nc2sc(C)cc12. The number of aryl methyl sites for hydroxylation is 2. The molecule has 0 aliphatic heterocycles. The van der Waals surface area contributed by atoms with Gasteiger partial charge in [-0.1, -0.05) is 0 Å². The van der Waals surface area contributed by atoms with Crippen molar-refractivity contribution in [2.24, 2.45) is 0 Å². The summed E-state index contributed by atoms with van der Waals surface area (Å²) in [5.41, 5.74) is 5.75. The molecule has 3 N–H and O–H groups in total. The van der Waals surface area contributed by atoms with E-state index < -0.39 is 0 Å². The van der Waals surface area contributed by atoms with Gasteiger partial charge < -0.3 is 15.6 Å². The molecular formula is C12H15N7S. The van der Waals surface area contributed by atoms with Crippen LogP contribution in [0.1, 0.15) is 17.6 Å². The number of nitrogens with zero attached hydrogens (tertiary/aromatic N) is 5. The number of rotatable bonds is 4. The first-order valence-electron chi connectivity index (χ1n) is 6.31.